The lowest BCUT2D eigenvalue weighted by Gasteiger charge is -2.11. The first-order valence-electron chi connectivity index (χ1n) is 6.61. The van der Waals surface area contributed by atoms with Gasteiger partial charge in [0.2, 0.25) is 0 Å². The summed E-state index contributed by atoms with van der Waals surface area (Å²) >= 11 is 5.79. The number of anilines is 1. The zero-order valence-electron chi connectivity index (χ0n) is 12.2. The van der Waals surface area contributed by atoms with E-state index in [2.05, 4.69) is 10.6 Å². The molecule has 23 heavy (non-hydrogen) atoms. The summed E-state index contributed by atoms with van der Waals surface area (Å²) in [5.74, 6) is 0.209. The molecule has 0 fully saturated rings. The summed E-state index contributed by atoms with van der Waals surface area (Å²) in [4.78, 5) is 22.1. The molecule has 120 valence electrons. The topological polar surface area (TPSA) is 93.5 Å². The third kappa shape index (κ3) is 4.58. The van der Waals surface area contributed by atoms with E-state index in [1.807, 2.05) is 0 Å². The molecule has 7 nitrogen and oxygen atoms in total. The lowest BCUT2D eigenvalue weighted by Crippen LogP contribution is -2.28. The van der Waals surface area contributed by atoms with Gasteiger partial charge in [0.15, 0.2) is 0 Å². The number of non-ortho nitro benzene ring substituents is 1. The predicted molar refractivity (Wildman–Crippen MR) is 87.0 cm³/mol. The lowest BCUT2D eigenvalue weighted by atomic mass is 10.2. The number of carbonyl (C=O) groups is 1. The molecule has 0 atom stereocenters. The average Bonchev–Trinajstić information content (AvgIpc) is 2.54. The molecule has 2 amide bonds. The van der Waals surface area contributed by atoms with Gasteiger partial charge in [-0.05, 0) is 23.8 Å². The van der Waals surface area contributed by atoms with Gasteiger partial charge in [-0.2, -0.15) is 0 Å². The van der Waals surface area contributed by atoms with Crippen LogP contribution in [0, 0.1) is 10.1 Å². The third-order valence-electron chi connectivity index (χ3n) is 3.01. The first-order valence-corrected chi connectivity index (χ1v) is 6.99. The van der Waals surface area contributed by atoms with Gasteiger partial charge in [0.25, 0.3) is 5.69 Å². The maximum absolute atomic E-state index is 11.9. The highest BCUT2D eigenvalue weighted by Crippen LogP contribution is 2.28. The molecule has 0 aliphatic heterocycles. The quantitative estimate of drug-likeness (QED) is 0.645. The number of carbonyl (C=O) groups excluding carboxylic acids is 1. The number of hydrogen-bond acceptors (Lipinski definition) is 4. The number of nitrogens with zero attached hydrogens (tertiary/aromatic N) is 1. The van der Waals surface area contributed by atoms with E-state index >= 15 is 0 Å². The summed E-state index contributed by atoms with van der Waals surface area (Å²) in [6.07, 6.45) is 0. The van der Waals surface area contributed by atoms with Gasteiger partial charge in [-0.1, -0.05) is 23.7 Å². The Hall–Kier alpha value is -2.80. The maximum atomic E-state index is 11.9. The molecule has 2 aromatic carbocycles. The number of nitrogens with one attached hydrogen (secondary N) is 2. The second-order valence-electron chi connectivity index (χ2n) is 4.58. The van der Waals surface area contributed by atoms with Gasteiger partial charge in [0, 0.05) is 17.6 Å². The number of benzene rings is 2. The molecule has 2 aromatic rings. The minimum absolute atomic E-state index is 0.117. The van der Waals surface area contributed by atoms with E-state index in [-0.39, 0.29) is 11.4 Å². The zero-order valence-corrected chi connectivity index (χ0v) is 13.0. The molecular weight excluding hydrogens is 322 g/mol. The molecule has 0 aliphatic rings. The fourth-order valence-corrected chi connectivity index (χ4v) is 1.97. The van der Waals surface area contributed by atoms with E-state index < -0.39 is 11.0 Å². The van der Waals surface area contributed by atoms with Crippen molar-refractivity contribution in [1.82, 2.24) is 5.32 Å². The summed E-state index contributed by atoms with van der Waals surface area (Å²) in [6.45, 7) is 0.318. The van der Waals surface area contributed by atoms with Gasteiger partial charge in [-0.15, -0.1) is 0 Å². The average molecular weight is 336 g/mol. The summed E-state index contributed by atoms with van der Waals surface area (Å²) in [7, 11) is 1.37. The summed E-state index contributed by atoms with van der Waals surface area (Å²) in [6, 6.07) is 10.6. The molecule has 8 heteroatoms. The minimum Gasteiger partial charge on any atom is -0.494 e. The van der Waals surface area contributed by atoms with Crippen LogP contribution >= 0.6 is 11.6 Å². The van der Waals surface area contributed by atoms with Crippen molar-refractivity contribution >= 4 is 29.0 Å². The Balaban J connectivity index is 1.99. The van der Waals surface area contributed by atoms with Crippen LogP contribution in [0.3, 0.4) is 0 Å². The Morgan fingerprint density at radius 2 is 1.96 bits per heavy atom. The van der Waals surface area contributed by atoms with Crippen molar-refractivity contribution in [2.45, 2.75) is 6.54 Å². The van der Waals surface area contributed by atoms with Crippen molar-refractivity contribution in [3.05, 3.63) is 63.2 Å². The number of nitro benzene ring substituents is 1. The van der Waals surface area contributed by atoms with E-state index in [0.29, 0.717) is 17.3 Å². The minimum atomic E-state index is -0.535. The standard InChI is InChI=1S/C15H14ClN3O4/c1-23-14-8-12(19(21)22)6-7-13(14)18-15(20)17-9-10-2-4-11(16)5-3-10/h2-8H,9H2,1H3,(H2,17,18,20). The van der Waals surface area contributed by atoms with Crippen LogP contribution in [0.5, 0.6) is 5.75 Å². The Bertz CT molecular complexity index is 719. The van der Waals surface area contributed by atoms with E-state index in [1.54, 1.807) is 24.3 Å². The van der Waals surface area contributed by atoms with Gasteiger partial charge in [0.05, 0.1) is 23.8 Å². The molecule has 2 rings (SSSR count). The van der Waals surface area contributed by atoms with Crippen LogP contribution in [0.25, 0.3) is 0 Å². The van der Waals surface area contributed by atoms with Crippen LogP contribution in [0.4, 0.5) is 16.2 Å². The highest BCUT2D eigenvalue weighted by molar-refractivity contribution is 6.30. The van der Waals surface area contributed by atoms with Gasteiger partial charge in [0.1, 0.15) is 5.75 Å². The largest absolute Gasteiger partial charge is 0.494 e. The first kappa shape index (κ1) is 16.6. The monoisotopic (exact) mass is 335 g/mol. The normalized spacial score (nSPS) is 10.0. The smallest absolute Gasteiger partial charge is 0.319 e. The molecule has 2 N–H and O–H groups in total. The first-order chi connectivity index (χ1) is 11.0. The van der Waals surface area contributed by atoms with Gasteiger partial charge >= 0.3 is 6.03 Å². The number of nitro groups is 1. The Kier molecular flexibility index (Phi) is 5.37. The van der Waals surface area contributed by atoms with Crippen molar-refractivity contribution in [2.24, 2.45) is 0 Å². The molecule has 0 unspecified atom stereocenters. The van der Waals surface area contributed by atoms with Crippen LogP contribution in [0.15, 0.2) is 42.5 Å². The number of urea groups is 1. The SMILES string of the molecule is COc1cc([N+](=O)[O-])ccc1NC(=O)NCc1ccc(Cl)cc1. The summed E-state index contributed by atoms with van der Waals surface area (Å²) < 4.78 is 5.05. The molecule has 0 spiro atoms. The molecule has 0 radical (unpaired) electrons. The number of hydrogen-bond donors (Lipinski definition) is 2. The lowest BCUT2D eigenvalue weighted by molar-refractivity contribution is -0.384. The van der Waals surface area contributed by atoms with E-state index in [4.69, 9.17) is 16.3 Å². The van der Waals surface area contributed by atoms with Crippen LogP contribution in [-0.4, -0.2) is 18.1 Å². The molecule has 0 bridgehead atoms. The van der Waals surface area contributed by atoms with E-state index in [0.717, 1.165) is 5.56 Å². The Morgan fingerprint density at radius 1 is 1.26 bits per heavy atom. The van der Waals surface area contributed by atoms with Crippen molar-refractivity contribution in [3.8, 4) is 5.75 Å². The van der Waals surface area contributed by atoms with Crippen molar-refractivity contribution < 1.29 is 14.5 Å². The third-order valence-corrected chi connectivity index (χ3v) is 3.26. The second-order valence-corrected chi connectivity index (χ2v) is 5.01. The number of amides is 2. The van der Waals surface area contributed by atoms with Crippen LogP contribution in [0.2, 0.25) is 5.02 Å². The van der Waals surface area contributed by atoms with Crippen molar-refractivity contribution in [3.63, 3.8) is 0 Å². The predicted octanol–water partition coefficient (Wildman–Crippen LogP) is 3.58. The second kappa shape index (κ2) is 7.46. The van der Waals surface area contributed by atoms with Crippen molar-refractivity contribution in [2.75, 3.05) is 12.4 Å². The van der Waals surface area contributed by atoms with E-state index in [1.165, 1.54) is 25.3 Å². The number of halogens is 1. The summed E-state index contributed by atoms with van der Waals surface area (Å²) in [5.41, 5.74) is 1.11. The van der Waals surface area contributed by atoms with Gasteiger partial charge in [-0.25, -0.2) is 4.79 Å². The molecule has 0 heterocycles. The molecule has 0 saturated heterocycles. The zero-order chi connectivity index (χ0) is 16.8. The number of rotatable bonds is 5. The van der Waals surface area contributed by atoms with Crippen LogP contribution < -0.4 is 15.4 Å². The highest BCUT2D eigenvalue weighted by atomic mass is 35.5. The molecule has 0 aromatic heterocycles. The van der Waals surface area contributed by atoms with Crippen LogP contribution in [0.1, 0.15) is 5.56 Å². The van der Waals surface area contributed by atoms with Crippen LogP contribution in [-0.2, 0) is 6.54 Å². The summed E-state index contributed by atoms with van der Waals surface area (Å²) in [5, 5.41) is 16.6. The van der Waals surface area contributed by atoms with E-state index in [9.17, 15) is 14.9 Å². The highest BCUT2D eigenvalue weighted by Gasteiger charge is 2.13. The Labute approximate surface area is 137 Å². The molecular formula is C15H14ClN3O4. The molecule has 0 aliphatic carbocycles. The van der Waals surface area contributed by atoms with Gasteiger partial charge < -0.3 is 15.4 Å². The molecule has 0 saturated carbocycles. The van der Waals surface area contributed by atoms with Crippen molar-refractivity contribution in [1.29, 1.82) is 0 Å². The van der Waals surface area contributed by atoms with Gasteiger partial charge in [-0.3, -0.25) is 10.1 Å². The number of methoxy groups -OCH3 is 1. The fraction of sp³-hybridized carbons (Fsp3) is 0.133. The fourth-order valence-electron chi connectivity index (χ4n) is 1.85. The number of ether oxygens (including phenoxy) is 1. The maximum Gasteiger partial charge on any atom is 0.319 e. The Morgan fingerprint density at radius 3 is 2.57 bits per heavy atom.